The lowest BCUT2D eigenvalue weighted by Gasteiger charge is -1.94. The van der Waals surface area contributed by atoms with Crippen LogP contribution in [0.15, 0.2) is 15.6 Å². The van der Waals surface area contributed by atoms with E-state index in [1.807, 2.05) is 6.92 Å². The fourth-order valence-electron chi connectivity index (χ4n) is 0.546. The van der Waals surface area contributed by atoms with Gasteiger partial charge >= 0.3 is 0 Å². The number of halogens is 3. The Bertz CT molecular complexity index is 171. The largest absolute Gasteiger partial charge is 0.284 e. The normalized spacial score (nSPS) is 14.4. The Morgan fingerprint density at radius 3 is 2.45 bits per heavy atom. The monoisotopic (exact) mass is 225 g/mol. The number of allylic oxidation sites excluding steroid dienone is 2. The van der Waals surface area contributed by atoms with E-state index in [1.165, 1.54) is 0 Å². The van der Waals surface area contributed by atoms with Gasteiger partial charge in [-0.1, -0.05) is 15.9 Å². The third kappa shape index (κ3) is 7.65. The van der Waals surface area contributed by atoms with Crippen LogP contribution in [0.4, 0.5) is 8.78 Å². The smallest absolute Gasteiger partial charge is 0.257 e. The molecule has 0 fully saturated rings. The lowest BCUT2D eigenvalue weighted by Crippen LogP contribution is -1.98. The molecule has 0 radical (unpaired) electrons. The highest BCUT2D eigenvalue weighted by Crippen LogP contribution is 2.02. The van der Waals surface area contributed by atoms with E-state index < -0.39 is 13.0 Å². The van der Waals surface area contributed by atoms with Gasteiger partial charge in [0.05, 0.1) is 0 Å². The van der Waals surface area contributed by atoms with Gasteiger partial charge in [-0.25, -0.2) is 8.78 Å². The van der Waals surface area contributed by atoms with Crippen molar-refractivity contribution in [1.82, 2.24) is 0 Å². The topological polar surface area (TPSA) is 12.4 Å². The van der Waals surface area contributed by atoms with Crippen LogP contribution in [-0.2, 0) is 0 Å². The first-order valence-corrected chi connectivity index (χ1v) is 3.94. The first-order valence-electron chi connectivity index (χ1n) is 3.15. The molecule has 0 bridgehead atoms. The molecule has 0 saturated carbocycles. The number of alkyl halides is 2. The Morgan fingerprint density at radius 1 is 1.55 bits per heavy atom. The van der Waals surface area contributed by atoms with Gasteiger partial charge in [-0.3, -0.25) is 4.99 Å². The molecule has 0 spiro atoms. The number of aliphatic imine (C=N–C) groups is 1. The van der Waals surface area contributed by atoms with Crippen LogP contribution in [0.3, 0.4) is 0 Å². The quantitative estimate of drug-likeness (QED) is 0.656. The highest BCUT2D eigenvalue weighted by Gasteiger charge is 1.98. The van der Waals surface area contributed by atoms with E-state index in [1.54, 1.807) is 13.0 Å². The molecule has 0 rings (SSSR count). The molecule has 0 aromatic heterocycles. The summed E-state index contributed by atoms with van der Waals surface area (Å²) in [7, 11) is 0. The number of hydrogen-bond donors (Lipinski definition) is 0. The summed E-state index contributed by atoms with van der Waals surface area (Å²) in [5.41, 5.74) is 0.611. The van der Waals surface area contributed by atoms with E-state index in [2.05, 4.69) is 20.9 Å². The predicted octanol–water partition coefficient (Wildman–Crippen LogP) is 3.01. The maximum atomic E-state index is 11.6. The minimum absolute atomic E-state index is 0.414. The Hall–Kier alpha value is -0.250. The summed E-state index contributed by atoms with van der Waals surface area (Å²) in [6, 6.07) is 0. The van der Waals surface area contributed by atoms with E-state index in [0.717, 1.165) is 4.48 Å². The van der Waals surface area contributed by atoms with Crippen molar-refractivity contribution in [2.45, 2.75) is 20.3 Å². The molecule has 0 aliphatic heterocycles. The second-order valence-electron chi connectivity index (χ2n) is 2.10. The minimum Gasteiger partial charge on any atom is -0.284 e. The van der Waals surface area contributed by atoms with Gasteiger partial charge in [0.1, 0.15) is 6.54 Å². The number of hydrogen-bond acceptors (Lipinski definition) is 1. The fourth-order valence-corrected chi connectivity index (χ4v) is 0.878. The molecule has 0 aromatic rings. The Morgan fingerprint density at radius 2 is 2.09 bits per heavy atom. The average Bonchev–Trinajstić information content (AvgIpc) is 1.82. The molecule has 4 heteroatoms. The zero-order chi connectivity index (χ0) is 8.85. The molecule has 0 amide bonds. The SMILES string of the molecule is CC(/C=C(\C)Br)=NCC(F)F. The average molecular weight is 226 g/mol. The van der Waals surface area contributed by atoms with Gasteiger partial charge in [-0.15, -0.1) is 0 Å². The van der Waals surface area contributed by atoms with Gasteiger partial charge in [0, 0.05) is 5.71 Å². The van der Waals surface area contributed by atoms with E-state index in [9.17, 15) is 8.78 Å². The molecule has 0 heterocycles. The van der Waals surface area contributed by atoms with Gasteiger partial charge in [0.2, 0.25) is 0 Å². The van der Waals surface area contributed by atoms with Crippen LogP contribution in [0, 0.1) is 0 Å². The lowest BCUT2D eigenvalue weighted by atomic mass is 10.4. The van der Waals surface area contributed by atoms with Crippen molar-refractivity contribution in [3.63, 3.8) is 0 Å². The third-order valence-corrected chi connectivity index (χ3v) is 1.12. The molecule has 11 heavy (non-hydrogen) atoms. The van der Waals surface area contributed by atoms with Crippen molar-refractivity contribution in [3.05, 3.63) is 10.6 Å². The summed E-state index contributed by atoms with van der Waals surface area (Å²) in [5.74, 6) is 0. The maximum Gasteiger partial charge on any atom is 0.257 e. The Kier molecular flexibility index (Phi) is 5.28. The Labute approximate surface area is 73.3 Å². The summed E-state index contributed by atoms with van der Waals surface area (Å²) in [5, 5.41) is 0. The molecule has 0 aliphatic carbocycles. The van der Waals surface area contributed by atoms with Crippen LogP contribution in [0.25, 0.3) is 0 Å². The van der Waals surface area contributed by atoms with Crippen LogP contribution >= 0.6 is 15.9 Å². The zero-order valence-corrected chi connectivity index (χ0v) is 8.03. The zero-order valence-electron chi connectivity index (χ0n) is 6.44. The van der Waals surface area contributed by atoms with Crippen LogP contribution in [0.1, 0.15) is 13.8 Å². The number of nitrogens with zero attached hydrogens (tertiary/aromatic N) is 1. The molecule has 0 unspecified atom stereocenters. The van der Waals surface area contributed by atoms with E-state index >= 15 is 0 Å². The van der Waals surface area contributed by atoms with Gasteiger partial charge in [-0.05, 0) is 24.4 Å². The maximum absolute atomic E-state index is 11.6. The highest BCUT2D eigenvalue weighted by molar-refractivity contribution is 9.11. The molecule has 64 valence electrons. The highest BCUT2D eigenvalue weighted by atomic mass is 79.9. The summed E-state index contributed by atoms with van der Waals surface area (Å²) < 4.78 is 24.1. The van der Waals surface area contributed by atoms with Gasteiger partial charge in [0.15, 0.2) is 0 Å². The molecule has 0 aliphatic rings. The van der Waals surface area contributed by atoms with Crippen LogP contribution in [-0.4, -0.2) is 18.7 Å². The fraction of sp³-hybridized carbons (Fsp3) is 0.571. The first-order chi connectivity index (χ1) is 5.02. The standard InChI is InChI=1S/C7H10BrF2N/c1-5(8)3-6(2)11-4-7(9)10/h3,7H,4H2,1-2H3/b5-3+,11-6?. The molecule has 1 nitrogen and oxygen atoms in total. The van der Waals surface area contributed by atoms with Gasteiger partial charge < -0.3 is 0 Å². The second kappa shape index (κ2) is 5.41. The van der Waals surface area contributed by atoms with Crippen molar-refractivity contribution in [2.75, 3.05) is 6.54 Å². The van der Waals surface area contributed by atoms with E-state index in [4.69, 9.17) is 0 Å². The van der Waals surface area contributed by atoms with Crippen molar-refractivity contribution in [3.8, 4) is 0 Å². The Balaban J connectivity index is 3.92. The van der Waals surface area contributed by atoms with Crippen LogP contribution < -0.4 is 0 Å². The summed E-state index contributed by atoms with van der Waals surface area (Å²) in [6.45, 7) is 3.09. The predicted molar refractivity (Wildman–Crippen MR) is 46.7 cm³/mol. The molecule has 0 aromatic carbocycles. The lowest BCUT2D eigenvalue weighted by molar-refractivity contribution is 0.159. The van der Waals surface area contributed by atoms with E-state index in [-0.39, 0.29) is 0 Å². The van der Waals surface area contributed by atoms with Gasteiger partial charge in [-0.2, -0.15) is 0 Å². The number of rotatable bonds is 3. The summed E-state index contributed by atoms with van der Waals surface area (Å²) in [6.07, 6.45) is -0.656. The van der Waals surface area contributed by atoms with Crippen molar-refractivity contribution in [2.24, 2.45) is 4.99 Å². The van der Waals surface area contributed by atoms with Crippen LogP contribution in [0.2, 0.25) is 0 Å². The minimum atomic E-state index is -2.35. The third-order valence-electron chi connectivity index (χ3n) is 0.886. The molecular formula is C7H10BrF2N. The van der Waals surface area contributed by atoms with Crippen molar-refractivity contribution < 1.29 is 8.78 Å². The second-order valence-corrected chi connectivity index (χ2v) is 3.36. The molecule has 0 saturated heterocycles. The molecule has 0 N–H and O–H groups in total. The van der Waals surface area contributed by atoms with Crippen LogP contribution in [0.5, 0.6) is 0 Å². The molecule has 0 atom stereocenters. The summed E-state index contributed by atoms with van der Waals surface area (Å²) in [4.78, 5) is 3.62. The van der Waals surface area contributed by atoms with Crippen molar-refractivity contribution >= 4 is 21.6 Å². The van der Waals surface area contributed by atoms with E-state index in [0.29, 0.717) is 5.71 Å². The summed E-state index contributed by atoms with van der Waals surface area (Å²) >= 11 is 3.17. The van der Waals surface area contributed by atoms with Crippen molar-refractivity contribution in [1.29, 1.82) is 0 Å². The first kappa shape index (κ1) is 10.8. The van der Waals surface area contributed by atoms with Gasteiger partial charge in [0.25, 0.3) is 6.43 Å². The molecular weight excluding hydrogens is 216 g/mol.